The van der Waals surface area contributed by atoms with Crippen molar-refractivity contribution in [2.45, 2.75) is 45.6 Å². The van der Waals surface area contributed by atoms with Gasteiger partial charge in [0.05, 0.1) is 0 Å². The lowest BCUT2D eigenvalue weighted by atomic mass is 9.89. The van der Waals surface area contributed by atoms with Crippen LogP contribution in [-0.4, -0.2) is 17.7 Å². The average Bonchev–Trinajstić information content (AvgIpc) is 2.59. The molecule has 0 radical (unpaired) electrons. The van der Waals surface area contributed by atoms with Crippen molar-refractivity contribution in [1.82, 2.24) is 5.43 Å². The number of amides is 1. The predicted molar refractivity (Wildman–Crippen MR) is 97.2 cm³/mol. The highest BCUT2D eigenvalue weighted by molar-refractivity contribution is 5.88. The number of fused-ring (bicyclic) bond motifs is 1. The van der Waals surface area contributed by atoms with Crippen LogP contribution >= 0.6 is 0 Å². The number of carbonyl (C=O) groups excluding carboxylic acids is 1. The fourth-order valence-corrected chi connectivity index (χ4v) is 3.09. The number of ether oxygens (including phenoxy) is 1. The molecule has 0 spiro atoms. The van der Waals surface area contributed by atoms with E-state index in [0.717, 1.165) is 35.7 Å². The summed E-state index contributed by atoms with van der Waals surface area (Å²) in [6, 6.07) is 13.9. The standard InChI is InChI=1S/C20H24N2O2/c1-14-6-5-9-18(12-14)21-22-20(23)15(2)24-19-11-10-16-7-3-4-8-17(16)13-19/h3-4,7-8,10-11,13-15H,5-6,9,12H2,1-2H3,(H,22,23). The highest BCUT2D eigenvalue weighted by Crippen LogP contribution is 2.22. The van der Waals surface area contributed by atoms with Gasteiger partial charge in [-0.1, -0.05) is 37.3 Å². The summed E-state index contributed by atoms with van der Waals surface area (Å²) in [4.78, 5) is 12.2. The molecule has 1 fully saturated rings. The predicted octanol–water partition coefficient (Wildman–Crippen LogP) is 4.29. The van der Waals surface area contributed by atoms with Crippen molar-refractivity contribution in [2.75, 3.05) is 0 Å². The maximum Gasteiger partial charge on any atom is 0.280 e. The van der Waals surface area contributed by atoms with Crippen LogP contribution in [0.4, 0.5) is 0 Å². The fourth-order valence-electron chi connectivity index (χ4n) is 3.09. The minimum atomic E-state index is -0.587. The molecule has 0 heterocycles. The van der Waals surface area contributed by atoms with Gasteiger partial charge in [0.2, 0.25) is 0 Å². The first-order chi connectivity index (χ1) is 11.6. The quantitative estimate of drug-likeness (QED) is 0.853. The molecule has 2 unspecified atom stereocenters. The van der Waals surface area contributed by atoms with Gasteiger partial charge in [-0.25, -0.2) is 5.43 Å². The van der Waals surface area contributed by atoms with E-state index in [9.17, 15) is 4.79 Å². The summed E-state index contributed by atoms with van der Waals surface area (Å²) < 4.78 is 5.76. The molecular weight excluding hydrogens is 300 g/mol. The summed E-state index contributed by atoms with van der Waals surface area (Å²) >= 11 is 0. The smallest absolute Gasteiger partial charge is 0.280 e. The second-order valence-electron chi connectivity index (χ2n) is 6.62. The van der Waals surface area contributed by atoms with Crippen LogP contribution in [0.25, 0.3) is 10.8 Å². The topological polar surface area (TPSA) is 50.7 Å². The van der Waals surface area contributed by atoms with E-state index in [2.05, 4.69) is 23.5 Å². The van der Waals surface area contributed by atoms with Gasteiger partial charge in [0.25, 0.3) is 5.91 Å². The minimum Gasteiger partial charge on any atom is -0.481 e. The van der Waals surface area contributed by atoms with Crippen molar-refractivity contribution < 1.29 is 9.53 Å². The zero-order chi connectivity index (χ0) is 16.9. The highest BCUT2D eigenvalue weighted by atomic mass is 16.5. The van der Waals surface area contributed by atoms with Gasteiger partial charge in [0, 0.05) is 5.71 Å². The lowest BCUT2D eigenvalue weighted by Crippen LogP contribution is -2.34. The maximum absolute atomic E-state index is 12.2. The molecule has 3 rings (SSSR count). The Hall–Kier alpha value is -2.36. The molecule has 4 nitrogen and oxygen atoms in total. The molecule has 24 heavy (non-hydrogen) atoms. The minimum absolute atomic E-state index is 0.214. The van der Waals surface area contributed by atoms with E-state index in [1.165, 1.54) is 6.42 Å². The molecule has 0 saturated heterocycles. The summed E-state index contributed by atoms with van der Waals surface area (Å²) in [7, 11) is 0. The third-order valence-corrected chi connectivity index (χ3v) is 4.47. The van der Waals surface area contributed by atoms with Crippen molar-refractivity contribution in [3.8, 4) is 5.75 Å². The summed E-state index contributed by atoms with van der Waals surface area (Å²) in [5.74, 6) is 1.13. The number of carbonyl (C=O) groups is 1. The van der Waals surface area contributed by atoms with E-state index in [0.29, 0.717) is 11.7 Å². The van der Waals surface area contributed by atoms with Crippen LogP contribution in [0.5, 0.6) is 5.75 Å². The largest absolute Gasteiger partial charge is 0.481 e. The van der Waals surface area contributed by atoms with Gasteiger partial charge in [-0.05, 0) is 61.4 Å². The summed E-state index contributed by atoms with van der Waals surface area (Å²) in [5, 5.41) is 6.53. The van der Waals surface area contributed by atoms with E-state index >= 15 is 0 Å². The zero-order valence-electron chi connectivity index (χ0n) is 14.3. The van der Waals surface area contributed by atoms with Crippen molar-refractivity contribution in [2.24, 2.45) is 11.0 Å². The van der Waals surface area contributed by atoms with Crippen molar-refractivity contribution in [3.63, 3.8) is 0 Å². The molecule has 2 atom stereocenters. The van der Waals surface area contributed by atoms with Gasteiger partial charge >= 0.3 is 0 Å². The van der Waals surface area contributed by atoms with Gasteiger partial charge in [-0.2, -0.15) is 5.10 Å². The van der Waals surface area contributed by atoms with E-state index in [-0.39, 0.29) is 5.91 Å². The Morgan fingerprint density at radius 1 is 1.25 bits per heavy atom. The first-order valence-corrected chi connectivity index (χ1v) is 8.62. The van der Waals surface area contributed by atoms with Gasteiger partial charge in [-0.3, -0.25) is 4.79 Å². The maximum atomic E-state index is 12.2. The SMILES string of the molecule is CC1CCCC(=NNC(=O)C(C)Oc2ccc3ccccc3c2)C1. The number of nitrogens with one attached hydrogen (secondary N) is 1. The second kappa shape index (κ2) is 7.47. The molecule has 2 aromatic rings. The number of benzene rings is 2. The summed E-state index contributed by atoms with van der Waals surface area (Å²) in [5.41, 5.74) is 3.74. The third-order valence-electron chi connectivity index (χ3n) is 4.47. The third kappa shape index (κ3) is 4.13. The molecule has 1 N–H and O–H groups in total. The molecule has 0 bridgehead atoms. The molecule has 0 aromatic heterocycles. The van der Waals surface area contributed by atoms with Gasteiger partial charge in [0.1, 0.15) is 5.75 Å². The molecule has 1 aliphatic carbocycles. The number of hydrogen-bond donors (Lipinski definition) is 1. The Bertz CT molecular complexity index is 754. The normalized spacial score (nSPS) is 20.8. The lowest BCUT2D eigenvalue weighted by molar-refractivity contribution is -0.127. The number of hydrogen-bond acceptors (Lipinski definition) is 3. The van der Waals surface area contributed by atoms with Crippen LogP contribution in [0, 0.1) is 5.92 Å². The van der Waals surface area contributed by atoms with Crippen LogP contribution in [0.2, 0.25) is 0 Å². The van der Waals surface area contributed by atoms with Crippen LogP contribution < -0.4 is 10.2 Å². The number of rotatable bonds is 4. The van der Waals surface area contributed by atoms with E-state index < -0.39 is 6.10 Å². The Morgan fingerprint density at radius 3 is 2.83 bits per heavy atom. The molecule has 0 aliphatic heterocycles. The monoisotopic (exact) mass is 324 g/mol. The summed E-state index contributed by atoms with van der Waals surface area (Å²) in [6.45, 7) is 3.97. The second-order valence-corrected chi connectivity index (χ2v) is 6.62. The Balaban J connectivity index is 1.59. The van der Waals surface area contributed by atoms with Gasteiger partial charge in [-0.15, -0.1) is 0 Å². The average molecular weight is 324 g/mol. The van der Waals surface area contributed by atoms with E-state index in [1.807, 2.05) is 36.4 Å². The molecular formula is C20H24N2O2. The summed E-state index contributed by atoms with van der Waals surface area (Å²) in [6.07, 6.45) is 3.76. The van der Waals surface area contributed by atoms with E-state index in [1.54, 1.807) is 6.92 Å². The van der Waals surface area contributed by atoms with Gasteiger partial charge < -0.3 is 4.74 Å². The number of hydrazone groups is 1. The fraction of sp³-hybridized carbons (Fsp3) is 0.400. The highest BCUT2D eigenvalue weighted by Gasteiger charge is 2.17. The molecule has 1 saturated carbocycles. The van der Waals surface area contributed by atoms with E-state index in [4.69, 9.17) is 4.74 Å². The first kappa shape index (κ1) is 16.5. The number of nitrogens with zero attached hydrogens (tertiary/aromatic N) is 1. The molecule has 1 amide bonds. The Morgan fingerprint density at radius 2 is 2.04 bits per heavy atom. The lowest BCUT2D eigenvalue weighted by Gasteiger charge is -2.19. The molecule has 4 heteroatoms. The van der Waals surface area contributed by atoms with Crippen LogP contribution in [0.15, 0.2) is 47.6 Å². The molecule has 1 aliphatic rings. The van der Waals surface area contributed by atoms with Crippen molar-refractivity contribution in [1.29, 1.82) is 0 Å². The van der Waals surface area contributed by atoms with Crippen LogP contribution in [-0.2, 0) is 4.79 Å². The molecule has 2 aromatic carbocycles. The zero-order valence-corrected chi connectivity index (χ0v) is 14.3. The van der Waals surface area contributed by atoms with Crippen LogP contribution in [0.3, 0.4) is 0 Å². The first-order valence-electron chi connectivity index (χ1n) is 8.62. The Labute approximate surface area is 142 Å². The van der Waals surface area contributed by atoms with Crippen molar-refractivity contribution >= 4 is 22.4 Å². The van der Waals surface area contributed by atoms with Gasteiger partial charge in [0.15, 0.2) is 6.10 Å². The molecule has 126 valence electrons. The Kier molecular flexibility index (Phi) is 5.14. The van der Waals surface area contributed by atoms with Crippen molar-refractivity contribution in [3.05, 3.63) is 42.5 Å². The van der Waals surface area contributed by atoms with Crippen LogP contribution in [0.1, 0.15) is 39.5 Å².